The van der Waals surface area contributed by atoms with E-state index in [1.54, 1.807) is 27.5 Å². The van der Waals surface area contributed by atoms with Crippen molar-refractivity contribution in [3.8, 4) is 5.88 Å². The molecule has 5 heteroatoms. The summed E-state index contributed by atoms with van der Waals surface area (Å²) < 4.78 is 15.5. The lowest BCUT2D eigenvalue weighted by Crippen LogP contribution is -2.31. The Balaban J connectivity index is 2.39. The maximum Gasteiger partial charge on any atom is 0.217 e. The minimum atomic E-state index is 0.0580. The Morgan fingerprint density at radius 3 is 2.82 bits per heavy atom. The third-order valence-electron chi connectivity index (χ3n) is 2.42. The van der Waals surface area contributed by atoms with E-state index in [-0.39, 0.29) is 6.10 Å². The van der Waals surface area contributed by atoms with Gasteiger partial charge in [-0.05, 0) is 6.07 Å². The van der Waals surface area contributed by atoms with Crippen LogP contribution in [0.3, 0.4) is 0 Å². The van der Waals surface area contributed by atoms with Crippen molar-refractivity contribution in [2.75, 3.05) is 34.5 Å². The average Bonchev–Trinajstić information content (AvgIpc) is 2.38. The molecule has 1 atom stereocenters. The van der Waals surface area contributed by atoms with Gasteiger partial charge in [-0.25, -0.2) is 4.98 Å². The first-order chi connectivity index (χ1) is 8.31. The molecule has 17 heavy (non-hydrogen) atoms. The normalized spacial score (nSPS) is 12.4. The fraction of sp³-hybridized carbons (Fsp3) is 0.583. The van der Waals surface area contributed by atoms with Gasteiger partial charge in [-0.3, -0.25) is 0 Å². The van der Waals surface area contributed by atoms with E-state index in [1.807, 2.05) is 12.1 Å². The quantitative estimate of drug-likeness (QED) is 0.730. The van der Waals surface area contributed by atoms with Gasteiger partial charge in [-0.2, -0.15) is 0 Å². The SMILES string of the molecule is COCC(CNCc1cccnc1OC)OC. The van der Waals surface area contributed by atoms with Crippen LogP contribution in [0.5, 0.6) is 5.88 Å². The summed E-state index contributed by atoms with van der Waals surface area (Å²) in [5.74, 6) is 0.653. The lowest BCUT2D eigenvalue weighted by molar-refractivity contribution is 0.0287. The van der Waals surface area contributed by atoms with Crippen molar-refractivity contribution >= 4 is 0 Å². The maximum atomic E-state index is 5.25. The molecule has 0 aromatic carbocycles. The summed E-state index contributed by atoms with van der Waals surface area (Å²) in [6.07, 6.45) is 1.77. The predicted molar refractivity (Wildman–Crippen MR) is 65.2 cm³/mol. The molecule has 96 valence electrons. The van der Waals surface area contributed by atoms with Crippen LogP contribution < -0.4 is 10.1 Å². The molecule has 0 aliphatic rings. The predicted octanol–water partition coefficient (Wildman–Crippen LogP) is 0.841. The van der Waals surface area contributed by atoms with Gasteiger partial charge >= 0.3 is 0 Å². The minimum Gasteiger partial charge on any atom is -0.481 e. The van der Waals surface area contributed by atoms with E-state index in [0.29, 0.717) is 19.0 Å². The third kappa shape index (κ3) is 4.68. The first-order valence-corrected chi connectivity index (χ1v) is 5.52. The largest absolute Gasteiger partial charge is 0.481 e. The monoisotopic (exact) mass is 240 g/mol. The van der Waals surface area contributed by atoms with E-state index in [9.17, 15) is 0 Å². The second kappa shape index (κ2) is 8.00. The highest BCUT2D eigenvalue weighted by atomic mass is 16.5. The van der Waals surface area contributed by atoms with Gasteiger partial charge in [0.1, 0.15) is 0 Å². The highest BCUT2D eigenvalue weighted by Gasteiger charge is 2.07. The van der Waals surface area contributed by atoms with Crippen LogP contribution in [0.1, 0.15) is 5.56 Å². The first-order valence-electron chi connectivity index (χ1n) is 5.52. The van der Waals surface area contributed by atoms with E-state index in [1.165, 1.54) is 0 Å². The zero-order valence-corrected chi connectivity index (χ0v) is 10.6. The number of aromatic nitrogens is 1. The van der Waals surface area contributed by atoms with Crippen LogP contribution in [0.2, 0.25) is 0 Å². The zero-order chi connectivity index (χ0) is 12.5. The summed E-state index contributed by atoms with van der Waals surface area (Å²) in [5.41, 5.74) is 1.03. The van der Waals surface area contributed by atoms with Crippen LogP contribution >= 0.6 is 0 Å². The number of nitrogens with one attached hydrogen (secondary N) is 1. The Morgan fingerprint density at radius 2 is 2.18 bits per heavy atom. The van der Waals surface area contributed by atoms with Gasteiger partial charge < -0.3 is 19.5 Å². The molecule has 1 heterocycles. The number of methoxy groups -OCH3 is 3. The summed E-state index contributed by atoms with van der Waals surface area (Å²) in [7, 11) is 4.96. The highest BCUT2D eigenvalue weighted by Crippen LogP contribution is 2.12. The Kier molecular flexibility index (Phi) is 6.54. The molecule has 1 N–H and O–H groups in total. The second-order valence-electron chi connectivity index (χ2n) is 3.62. The van der Waals surface area contributed by atoms with Crippen LogP contribution in [0.4, 0.5) is 0 Å². The molecular formula is C12H20N2O3. The number of ether oxygens (including phenoxy) is 3. The molecule has 0 radical (unpaired) electrons. The van der Waals surface area contributed by atoms with Gasteiger partial charge in [0, 0.05) is 39.1 Å². The summed E-state index contributed by atoms with van der Waals surface area (Å²) in [5, 5.41) is 3.29. The molecular weight excluding hydrogens is 220 g/mol. The lowest BCUT2D eigenvalue weighted by atomic mass is 10.2. The number of hydrogen-bond donors (Lipinski definition) is 1. The number of hydrogen-bond acceptors (Lipinski definition) is 5. The van der Waals surface area contributed by atoms with Gasteiger partial charge in [-0.15, -0.1) is 0 Å². The standard InChI is InChI=1S/C12H20N2O3/c1-15-9-11(16-2)8-13-7-10-5-4-6-14-12(10)17-3/h4-6,11,13H,7-9H2,1-3H3. The molecule has 1 aromatic heterocycles. The fourth-order valence-electron chi connectivity index (χ4n) is 1.51. The van der Waals surface area contributed by atoms with Gasteiger partial charge in [-0.1, -0.05) is 6.07 Å². The molecule has 0 saturated carbocycles. The topological polar surface area (TPSA) is 52.6 Å². The van der Waals surface area contributed by atoms with Crippen LogP contribution in [0.15, 0.2) is 18.3 Å². The van der Waals surface area contributed by atoms with Crippen LogP contribution in [-0.4, -0.2) is 45.6 Å². The van der Waals surface area contributed by atoms with Crippen LogP contribution in [-0.2, 0) is 16.0 Å². The van der Waals surface area contributed by atoms with Crippen molar-refractivity contribution in [2.45, 2.75) is 12.6 Å². The van der Waals surface area contributed by atoms with Crippen molar-refractivity contribution in [3.05, 3.63) is 23.9 Å². The number of rotatable bonds is 8. The van der Waals surface area contributed by atoms with E-state index in [2.05, 4.69) is 10.3 Å². The fourth-order valence-corrected chi connectivity index (χ4v) is 1.51. The van der Waals surface area contributed by atoms with E-state index in [4.69, 9.17) is 14.2 Å². The molecule has 1 rings (SSSR count). The smallest absolute Gasteiger partial charge is 0.217 e. The van der Waals surface area contributed by atoms with E-state index < -0.39 is 0 Å². The molecule has 0 saturated heterocycles. The van der Waals surface area contributed by atoms with E-state index in [0.717, 1.165) is 12.1 Å². The number of pyridine rings is 1. The molecule has 1 unspecified atom stereocenters. The Bertz CT molecular complexity index is 320. The molecule has 0 bridgehead atoms. The zero-order valence-electron chi connectivity index (χ0n) is 10.6. The summed E-state index contributed by atoms with van der Waals surface area (Å²) >= 11 is 0. The maximum absolute atomic E-state index is 5.25. The summed E-state index contributed by atoms with van der Waals surface area (Å²) in [4.78, 5) is 4.13. The first kappa shape index (κ1) is 13.9. The van der Waals surface area contributed by atoms with Gasteiger partial charge in [0.15, 0.2) is 0 Å². The van der Waals surface area contributed by atoms with Crippen LogP contribution in [0, 0.1) is 0 Å². The molecule has 0 amide bonds. The molecule has 5 nitrogen and oxygen atoms in total. The van der Waals surface area contributed by atoms with Gasteiger partial charge in [0.2, 0.25) is 5.88 Å². The van der Waals surface area contributed by atoms with Crippen molar-refractivity contribution in [1.29, 1.82) is 0 Å². The molecule has 0 fully saturated rings. The molecule has 0 aliphatic carbocycles. The Hall–Kier alpha value is -1.17. The van der Waals surface area contributed by atoms with Gasteiger partial charge in [0.05, 0.1) is 19.8 Å². The molecule has 0 aliphatic heterocycles. The van der Waals surface area contributed by atoms with Crippen LogP contribution in [0.25, 0.3) is 0 Å². The minimum absolute atomic E-state index is 0.0580. The second-order valence-corrected chi connectivity index (χ2v) is 3.62. The lowest BCUT2D eigenvalue weighted by Gasteiger charge is -2.15. The van der Waals surface area contributed by atoms with Crippen molar-refractivity contribution in [3.63, 3.8) is 0 Å². The summed E-state index contributed by atoms with van der Waals surface area (Å²) in [6.45, 7) is 2.00. The highest BCUT2D eigenvalue weighted by molar-refractivity contribution is 5.24. The summed E-state index contributed by atoms with van der Waals surface area (Å²) in [6, 6.07) is 3.87. The Morgan fingerprint density at radius 1 is 1.35 bits per heavy atom. The van der Waals surface area contributed by atoms with Crippen molar-refractivity contribution in [1.82, 2.24) is 10.3 Å². The van der Waals surface area contributed by atoms with E-state index >= 15 is 0 Å². The molecule has 1 aromatic rings. The van der Waals surface area contributed by atoms with Crippen molar-refractivity contribution < 1.29 is 14.2 Å². The van der Waals surface area contributed by atoms with Crippen molar-refractivity contribution in [2.24, 2.45) is 0 Å². The Labute approximate surface area is 102 Å². The van der Waals surface area contributed by atoms with Gasteiger partial charge in [0.25, 0.3) is 0 Å². The third-order valence-corrected chi connectivity index (χ3v) is 2.42. The molecule has 0 spiro atoms. The number of nitrogens with zero attached hydrogens (tertiary/aromatic N) is 1. The average molecular weight is 240 g/mol.